The molecule has 0 aromatic carbocycles. The summed E-state index contributed by atoms with van der Waals surface area (Å²) in [6.45, 7) is 4.90. The van der Waals surface area contributed by atoms with Crippen LogP contribution in [0.2, 0.25) is 0 Å². The molecule has 1 aromatic heterocycles. The van der Waals surface area contributed by atoms with Crippen molar-refractivity contribution in [1.29, 1.82) is 5.26 Å². The molecule has 1 fully saturated rings. The topological polar surface area (TPSA) is 86.5 Å². The monoisotopic (exact) mass is 309 g/mol. The van der Waals surface area contributed by atoms with Gasteiger partial charge in [0.25, 0.3) is 0 Å². The van der Waals surface area contributed by atoms with Crippen LogP contribution >= 0.6 is 11.8 Å². The van der Waals surface area contributed by atoms with E-state index in [1.54, 1.807) is 16.3 Å². The van der Waals surface area contributed by atoms with E-state index in [0.29, 0.717) is 6.04 Å². The SMILES string of the molecule is CCCNC(C)(C#N)CCCSc1n[nH]c(=O)n1C1CC1. The normalized spacial score (nSPS) is 17.4. The zero-order valence-corrected chi connectivity index (χ0v) is 13.5. The second-order valence-electron chi connectivity index (χ2n) is 5.74. The number of hydrogen-bond donors (Lipinski definition) is 2. The van der Waals surface area contributed by atoms with Crippen LogP contribution in [-0.4, -0.2) is 32.6 Å². The lowest BCUT2D eigenvalue weighted by Gasteiger charge is -2.22. The van der Waals surface area contributed by atoms with Crippen molar-refractivity contribution >= 4 is 11.8 Å². The summed E-state index contributed by atoms with van der Waals surface area (Å²) >= 11 is 1.59. The third kappa shape index (κ3) is 4.35. The van der Waals surface area contributed by atoms with E-state index in [2.05, 4.69) is 28.5 Å². The number of nitriles is 1. The van der Waals surface area contributed by atoms with Crippen molar-refractivity contribution in [2.45, 2.75) is 62.7 Å². The van der Waals surface area contributed by atoms with Crippen molar-refractivity contribution in [2.24, 2.45) is 0 Å². The molecule has 0 radical (unpaired) electrons. The van der Waals surface area contributed by atoms with Crippen LogP contribution < -0.4 is 11.0 Å². The maximum absolute atomic E-state index is 11.7. The third-order valence-electron chi connectivity index (χ3n) is 3.65. The van der Waals surface area contributed by atoms with Crippen LogP contribution in [0.25, 0.3) is 0 Å². The summed E-state index contributed by atoms with van der Waals surface area (Å²) in [6.07, 6.45) is 4.87. The van der Waals surface area contributed by atoms with E-state index >= 15 is 0 Å². The highest BCUT2D eigenvalue weighted by atomic mass is 32.2. The van der Waals surface area contributed by atoms with Gasteiger partial charge < -0.3 is 0 Å². The Kier molecular flexibility index (Phi) is 5.48. The van der Waals surface area contributed by atoms with Gasteiger partial charge in [-0.25, -0.2) is 9.89 Å². The molecule has 1 unspecified atom stereocenters. The van der Waals surface area contributed by atoms with Crippen LogP contribution in [0, 0.1) is 11.3 Å². The van der Waals surface area contributed by atoms with Gasteiger partial charge in [0.05, 0.1) is 6.07 Å². The van der Waals surface area contributed by atoms with E-state index in [1.165, 1.54) is 0 Å². The van der Waals surface area contributed by atoms with Crippen molar-refractivity contribution in [1.82, 2.24) is 20.1 Å². The second kappa shape index (κ2) is 7.14. The van der Waals surface area contributed by atoms with Crippen molar-refractivity contribution < 1.29 is 0 Å². The Morgan fingerprint density at radius 1 is 1.62 bits per heavy atom. The Labute approximate surface area is 129 Å². The number of nitrogens with one attached hydrogen (secondary N) is 2. The Bertz CT molecular complexity index is 556. The molecule has 1 aliphatic carbocycles. The molecule has 0 bridgehead atoms. The lowest BCUT2D eigenvalue weighted by molar-refractivity contribution is 0.415. The summed E-state index contributed by atoms with van der Waals surface area (Å²) in [5, 5.41) is 20.0. The highest BCUT2D eigenvalue weighted by Crippen LogP contribution is 2.36. The van der Waals surface area contributed by atoms with Gasteiger partial charge in [0.1, 0.15) is 5.54 Å². The first kappa shape index (κ1) is 16.1. The van der Waals surface area contributed by atoms with E-state index < -0.39 is 5.54 Å². The largest absolute Gasteiger partial charge is 0.344 e. The van der Waals surface area contributed by atoms with Crippen molar-refractivity contribution in [3.8, 4) is 6.07 Å². The predicted molar refractivity (Wildman–Crippen MR) is 83.4 cm³/mol. The van der Waals surface area contributed by atoms with Gasteiger partial charge in [-0.1, -0.05) is 18.7 Å². The summed E-state index contributed by atoms with van der Waals surface area (Å²) in [5.41, 5.74) is -0.565. The van der Waals surface area contributed by atoms with Gasteiger partial charge >= 0.3 is 5.69 Å². The summed E-state index contributed by atoms with van der Waals surface area (Å²) < 4.78 is 1.77. The van der Waals surface area contributed by atoms with Crippen LogP contribution in [0.3, 0.4) is 0 Å². The van der Waals surface area contributed by atoms with E-state index in [1.807, 2.05) is 6.92 Å². The molecule has 0 spiro atoms. The number of hydrogen-bond acceptors (Lipinski definition) is 5. The van der Waals surface area contributed by atoms with Crippen molar-refractivity contribution in [3.05, 3.63) is 10.5 Å². The Morgan fingerprint density at radius 2 is 2.38 bits per heavy atom. The molecule has 2 rings (SSSR count). The van der Waals surface area contributed by atoms with Crippen LogP contribution in [0.15, 0.2) is 9.95 Å². The molecule has 0 aliphatic heterocycles. The van der Waals surface area contributed by atoms with Crippen LogP contribution in [0.5, 0.6) is 0 Å². The third-order valence-corrected chi connectivity index (χ3v) is 4.69. The summed E-state index contributed by atoms with van der Waals surface area (Å²) in [6, 6.07) is 2.70. The number of nitrogens with zero attached hydrogens (tertiary/aromatic N) is 3. The van der Waals surface area contributed by atoms with E-state index in [-0.39, 0.29) is 5.69 Å². The Morgan fingerprint density at radius 3 is 3.00 bits per heavy atom. The Hall–Kier alpha value is -1.26. The first-order valence-electron chi connectivity index (χ1n) is 7.55. The van der Waals surface area contributed by atoms with Gasteiger partial charge in [-0.3, -0.25) is 9.88 Å². The van der Waals surface area contributed by atoms with Gasteiger partial charge in [0.2, 0.25) is 0 Å². The van der Waals surface area contributed by atoms with Crippen molar-refractivity contribution in [3.63, 3.8) is 0 Å². The fraction of sp³-hybridized carbons (Fsp3) is 0.786. The van der Waals surface area contributed by atoms with Crippen LogP contribution in [0.4, 0.5) is 0 Å². The average Bonchev–Trinajstić information content (AvgIpc) is 3.25. The molecule has 1 aliphatic rings. The molecule has 116 valence electrons. The molecular weight excluding hydrogens is 286 g/mol. The van der Waals surface area contributed by atoms with E-state index in [0.717, 1.165) is 49.6 Å². The molecule has 7 heteroatoms. The van der Waals surface area contributed by atoms with Gasteiger partial charge in [0, 0.05) is 11.8 Å². The van der Waals surface area contributed by atoms with Gasteiger partial charge in [0.15, 0.2) is 5.16 Å². The molecular formula is C14H23N5OS. The molecule has 1 heterocycles. The fourth-order valence-electron chi connectivity index (χ4n) is 2.22. The van der Waals surface area contributed by atoms with Crippen LogP contribution in [0.1, 0.15) is 52.0 Å². The minimum atomic E-state index is -0.460. The number of rotatable bonds is 9. The van der Waals surface area contributed by atoms with Crippen molar-refractivity contribution in [2.75, 3.05) is 12.3 Å². The fourth-order valence-corrected chi connectivity index (χ4v) is 3.17. The van der Waals surface area contributed by atoms with Gasteiger partial charge in [-0.2, -0.15) is 5.26 Å². The zero-order chi connectivity index (χ0) is 15.3. The zero-order valence-electron chi connectivity index (χ0n) is 12.7. The van der Waals surface area contributed by atoms with Crippen LogP contribution in [-0.2, 0) is 0 Å². The molecule has 6 nitrogen and oxygen atoms in total. The first-order valence-corrected chi connectivity index (χ1v) is 8.54. The average molecular weight is 309 g/mol. The molecule has 1 aromatic rings. The minimum absolute atomic E-state index is 0.105. The summed E-state index contributed by atoms with van der Waals surface area (Å²) in [4.78, 5) is 11.7. The Balaban J connectivity index is 1.79. The molecule has 0 saturated heterocycles. The van der Waals surface area contributed by atoms with Gasteiger partial charge in [-0.05, 0) is 45.6 Å². The quantitative estimate of drug-likeness (QED) is 0.538. The summed E-state index contributed by atoms with van der Waals surface area (Å²) in [7, 11) is 0. The smallest absolute Gasteiger partial charge is 0.300 e. The highest BCUT2D eigenvalue weighted by molar-refractivity contribution is 7.99. The maximum Gasteiger partial charge on any atom is 0.344 e. The first-order chi connectivity index (χ1) is 10.1. The highest BCUT2D eigenvalue weighted by Gasteiger charge is 2.28. The lowest BCUT2D eigenvalue weighted by Crippen LogP contribution is -2.41. The van der Waals surface area contributed by atoms with Gasteiger partial charge in [-0.15, -0.1) is 5.10 Å². The number of aromatic nitrogens is 3. The number of thioether (sulfide) groups is 1. The molecule has 0 amide bonds. The standard InChI is InChI=1S/C14H23N5OS/c1-3-8-16-14(2,10-15)7-4-9-21-13-18-17-12(20)19(13)11-5-6-11/h11,16H,3-9H2,1-2H3,(H,17,20). The molecule has 2 N–H and O–H groups in total. The maximum atomic E-state index is 11.7. The summed E-state index contributed by atoms with van der Waals surface area (Å²) in [5.74, 6) is 0.863. The molecule has 21 heavy (non-hydrogen) atoms. The lowest BCUT2D eigenvalue weighted by atomic mass is 9.98. The number of aromatic amines is 1. The predicted octanol–water partition coefficient (Wildman–Crippen LogP) is 2.06. The van der Waals surface area contributed by atoms with E-state index in [9.17, 15) is 10.1 Å². The number of H-pyrrole nitrogens is 1. The minimum Gasteiger partial charge on any atom is -0.300 e. The molecule has 1 saturated carbocycles. The van der Waals surface area contributed by atoms with E-state index in [4.69, 9.17) is 0 Å². The second-order valence-corrected chi connectivity index (χ2v) is 6.80. The molecule has 1 atom stereocenters.